The molecule has 1 aliphatic carbocycles. The van der Waals surface area contributed by atoms with Crippen LogP contribution in [0, 0.1) is 0 Å². The Morgan fingerprint density at radius 2 is 1.95 bits per heavy atom. The van der Waals surface area contributed by atoms with E-state index >= 15 is 0 Å². The molecule has 4 nitrogen and oxygen atoms in total. The predicted molar refractivity (Wildman–Crippen MR) is 85.3 cm³/mol. The number of ether oxygens (including phenoxy) is 1. The minimum atomic E-state index is -0.413. The van der Waals surface area contributed by atoms with E-state index in [9.17, 15) is 9.90 Å². The molecule has 1 aliphatic rings. The van der Waals surface area contributed by atoms with Crippen molar-refractivity contribution in [2.45, 2.75) is 50.7 Å². The second-order valence-corrected chi connectivity index (χ2v) is 6.35. The second kappa shape index (κ2) is 8.39. The summed E-state index contributed by atoms with van der Waals surface area (Å²) in [6, 6.07) is 7.41. The Kier molecular flexibility index (Phi) is 6.51. The van der Waals surface area contributed by atoms with E-state index in [1.165, 1.54) is 0 Å². The fraction of sp³-hybridized carbons (Fsp3) is 0.562. The lowest BCUT2D eigenvalue weighted by Crippen LogP contribution is -2.43. The van der Waals surface area contributed by atoms with Gasteiger partial charge in [-0.3, -0.25) is 4.79 Å². The van der Waals surface area contributed by atoms with E-state index in [4.69, 9.17) is 4.74 Å². The maximum absolute atomic E-state index is 11.9. The summed E-state index contributed by atoms with van der Waals surface area (Å²) >= 11 is 3.36. The molecule has 1 fully saturated rings. The van der Waals surface area contributed by atoms with E-state index < -0.39 is 6.10 Å². The molecule has 116 valence electrons. The molecule has 0 bridgehead atoms. The number of halogens is 1. The monoisotopic (exact) mass is 355 g/mol. The summed E-state index contributed by atoms with van der Waals surface area (Å²) in [5.41, 5.74) is 0. The average Bonchev–Trinajstić information content (AvgIpc) is 2.66. The molecule has 21 heavy (non-hydrogen) atoms. The van der Waals surface area contributed by atoms with Crippen LogP contribution in [0.5, 0.6) is 5.75 Å². The molecule has 0 aromatic heterocycles. The number of aliphatic hydroxyl groups excluding tert-OH is 1. The van der Waals surface area contributed by atoms with Crippen LogP contribution in [0.15, 0.2) is 28.7 Å². The van der Waals surface area contributed by atoms with Crippen molar-refractivity contribution in [1.82, 2.24) is 5.32 Å². The molecule has 1 saturated carbocycles. The van der Waals surface area contributed by atoms with E-state index in [2.05, 4.69) is 21.2 Å². The topological polar surface area (TPSA) is 58.6 Å². The van der Waals surface area contributed by atoms with Gasteiger partial charge in [-0.1, -0.05) is 35.2 Å². The van der Waals surface area contributed by atoms with Gasteiger partial charge in [0.25, 0.3) is 0 Å². The smallest absolute Gasteiger partial charge is 0.223 e. The van der Waals surface area contributed by atoms with Crippen molar-refractivity contribution in [3.63, 3.8) is 0 Å². The van der Waals surface area contributed by atoms with Crippen molar-refractivity contribution in [3.05, 3.63) is 28.7 Å². The van der Waals surface area contributed by atoms with Gasteiger partial charge in [0.2, 0.25) is 5.91 Å². The zero-order valence-corrected chi connectivity index (χ0v) is 13.6. The molecule has 1 amide bonds. The number of rotatable bonds is 5. The van der Waals surface area contributed by atoms with E-state index in [1.807, 2.05) is 24.3 Å². The molecule has 0 aliphatic heterocycles. The lowest BCUT2D eigenvalue weighted by atomic mass is 10.1. The molecular formula is C16H22BrNO3. The van der Waals surface area contributed by atoms with E-state index in [0.29, 0.717) is 13.0 Å². The van der Waals surface area contributed by atoms with Gasteiger partial charge < -0.3 is 15.2 Å². The van der Waals surface area contributed by atoms with Crippen molar-refractivity contribution >= 4 is 21.8 Å². The third kappa shape index (κ3) is 5.67. The maximum Gasteiger partial charge on any atom is 0.223 e. The summed E-state index contributed by atoms with van der Waals surface area (Å²) in [6.45, 7) is 0.344. The van der Waals surface area contributed by atoms with Crippen molar-refractivity contribution < 1.29 is 14.6 Å². The first-order chi connectivity index (χ1) is 10.1. The zero-order valence-electron chi connectivity index (χ0n) is 12.1. The molecule has 1 aromatic carbocycles. The fourth-order valence-electron chi connectivity index (χ4n) is 2.53. The van der Waals surface area contributed by atoms with Crippen LogP contribution in [0.2, 0.25) is 0 Å². The highest BCUT2D eigenvalue weighted by Crippen LogP contribution is 2.18. The van der Waals surface area contributed by atoms with Gasteiger partial charge in [0.05, 0.1) is 25.2 Å². The van der Waals surface area contributed by atoms with Crippen LogP contribution < -0.4 is 10.1 Å². The zero-order chi connectivity index (χ0) is 15.1. The Balaban J connectivity index is 1.70. The number of hydrogen-bond acceptors (Lipinski definition) is 3. The van der Waals surface area contributed by atoms with Crippen LogP contribution in [0.3, 0.4) is 0 Å². The second-order valence-electron chi connectivity index (χ2n) is 5.43. The molecular weight excluding hydrogens is 334 g/mol. The lowest BCUT2D eigenvalue weighted by Gasteiger charge is -2.21. The summed E-state index contributed by atoms with van der Waals surface area (Å²) in [5, 5.41) is 12.9. The van der Waals surface area contributed by atoms with Crippen molar-refractivity contribution in [2.75, 3.05) is 6.61 Å². The highest BCUT2D eigenvalue weighted by molar-refractivity contribution is 9.10. The number of carbonyl (C=O) groups is 1. The standard InChI is InChI=1S/C16H22BrNO3/c17-12-6-8-13(9-7-12)21-11-10-16(20)18-14-4-2-1-3-5-15(14)19/h6-9,14-15,19H,1-5,10-11H2,(H,18,20). The Bertz CT molecular complexity index is 449. The molecule has 0 heterocycles. The highest BCUT2D eigenvalue weighted by atomic mass is 79.9. The normalized spacial score (nSPS) is 22.4. The van der Waals surface area contributed by atoms with Crippen LogP contribution in [-0.4, -0.2) is 29.8 Å². The van der Waals surface area contributed by atoms with Crippen LogP contribution in [0.25, 0.3) is 0 Å². The summed E-state index contributed by atoms with van der Waals surface area (Å²) < 4.78 is 6.52. The molecule has 2 unspecified atom stereocenters. The molecule has 0 spiro atoms. The maximum atomic E-state index is 11.9. The van der Waals surface area contributed by atoms with Gasteiger partial charge in [-0.05, 0) is 37.1 Å². The Hall–Kier alpha value is -1.07. The van der Waals surface area contributed by atoms with Crippen molar-refractivity contribution in [2.24, 2.45) is 0 Å². The van der Waals surface area contributed by atoms with Crippen LogP contribution in [0.4, 0.5) is 0 Å². The quantitative estimate of drug-likeness (QED) is 0.798. The average molecular weight is 356 g/mol. The summed E-state index contributed by atoms with van der Waals surface area (Å²) in [7, 11) is 0. The molecule has 2 rings (SSSR count). The molecule has 5 heteroatoms. The van der Waals surface area contributed by atoms with Gasteiger partial charge in [-0.15, -0.1) is 0 Å². The lowest BCUT2D eigenvalue weighted by molar-refractivity contribution is -0.123. The van der Waals surface area contributed by atoms with E-state index in [0.717, 1.165) is 42.3 Å². The first-order valence-electron chi connectivity index (χ1n) is 7.51. The Morgan fingerprint density at radius 3 is 2.71 bits per heavy atom. The number of nitrogens with one attached hydrogen (secondary N) is 1. The number of carbonyl (C=O) groups excluding carboxylic acids is 1. The van der Waals surface area contributed by atoms with Crippen LogP contribution in [0.1, 0.15) is 38.5 Å². The van der Waals surface area contributed by atoms with Crippen LogP contribution >= 0.6 is 15.9 Å². The molecule has 1 aromatic rings. The molecule has 2 N–H and O–H groups in total. The number of amides is 1. The highest BCUT2D eigenvalue weighted by Gasteiger charge is 2.22. The fourth-order valence-corrected chi connectivity index (χ4v) is 2.79. The number of aliphatic hydroxyl groups is 1. The summed E-state index contributed by atoms with van der Waals surface area (Å²) in [4.78, 5) is 11.9. The minimum absolute atomic E-state index is 0.0574. The SMILES string of the molecule is O=C(CCOc1ccc(Br)cc1)NC1CCCCCC1O. The van der Waals surface area contributed by atoms with Crippen LogP contribution in [-0.2, 0) is 4.79 Å². The molecule has 2 atom stereocenters. The van der Waals surface area contributed by atoms with Gasteiger partial charge in [-0.2, -0.15) is 0 Å². The minimum Gasteiger partial charge on any atom is -0.493 e. The largest absolute Gasteiger partial charge is 0.493 e. The van der Waals surface area contributed by atoms with Gasteiger partial charge in [0.1, 0.15) is 5.75 Å². The van der Waals surface area contributed by atoms with E-state index in [1.54, 1.807) is 0 Å². The predicted octanol–water partition coefficient (Wildman–Crippen LogP) is 3.03. The molecule has 0 saturated heterocycles. The van der Waals surface area contributed by atoms with Gasteiger partial charge >= 0.3 is 0 Å². The Morgan fingerprint density at radius 1 is 1.24 bits per heavy atom. The Labute approximate surface area is 134 Å². The summed E-state index contributed by atoms with van der Waals surface area (Å²) in [5.74, 6) is 0.693. The summed E-state index contributed by atoms with van der Waals surface area (Å²) in [6.07, 6.45) is 4.78. The number of benzene rings is 1. The van der Waals surface area contributed by atoms with Crippen molar-refractivity contribution in [1.29, 1.82) is 0 Å². The third-order valence-corrected chi connectivity index (χ3v) is 4.27. The van der Waals surface area contributed by atoms with E-state index in [-0.39, 0.29) is 11.9 Å². The third-order valence-electron chi connectivity index (χ3n) is 3.74. The molecule has 0 radical (unpaired) electrons. The van der Waals surface area contributed by atoms with Gasteiger partial charge in [-0.25, -0.2) is 0 Å². The van der Waals surface area contributed by atoms with Gasteiger partial charge in [0.15, 0.2) is 0 Å². The number of hydrogen-bond donors (Lipinski definition) is 2. The first-order valence-corrected chi connectivity index (χ1v) is 8.30. The first kappa shape index (κ1) is 16.3. The van der Waals surface area contributed by atoms with Crippen molar-refractivity contribution in [3.8, 4) is 5.75 Å². The van der Waals surface area contributed by atoms with Gasteiger partial charge in [0, 0.05) is 4.47 Å².